The van der Waals surface area contributed by atoms with Gasteiger partial charge in [-0.1, -0.05) is 0 Å². The summed E-state index contributed by atoms with van der Waals surface area (Å²) in [7, 11) is 3.59. The molecule has 4 nitrogen and oxygen atoms in total. The Hall–Kier alpha value is -1.32. The van der Waals surface area contributed by atoms with Crippen molar-refractivity contribution in [2.24, 2.45) is 0 Å². The third-order valence-corrected chi connectivity index (χ3v) is 2.46. The third-order valence-electron chi connectivity index (χ3n) is 2.46. The van der Waals surface area contributed by atoms with Crippen LogP contribution in [0.5, 0.6) is 0 Å². The molecule has 1 amide bonds. The van der Waals surface area contributed by atoms with E-state index in [0.717, 1.165) is 25.2 Å². The Labute approximate surface area is 90.9 Å². The van der Waals surface area contributed by atoms with Gasteiger partial charge >= 0.3 is 0 Å². The summed E-state index contributed by atoms with van der Waals surface area (Å²) in [6.07, 6.45) is 6.38. The first-order chi connectivity index (χ1) is 7.11. The second-order valence-corrected chi connectivity index (χ2v) is 3.91. The summed E-state index contributed by atoms with van der Waals surface area (Å²) >= 11 is 0. The summed E-state index contributed by atoms with van der Waals surface area (Å²) < 4.78 is 2.11. The van der Waals surface area contributed by atoms with Gasteiger partial charge in [0, 0.05) is 39.5 Å². The molecule has 0 saturated carbocycles. The molecule has 4 heteroatoms. The fourth-order valence-corrected chi connectivity index (χ4v) is 1.42. The normalized spacial score (nSPS) is 10.3. The Balaban J connectivity index is 2.18. The van der Waals surface area contributed by atoms with Gasteiger partial charge in [-0.05, 0) is 19.8 Å². The smallest absolute Gasteiger partial charge is 0.222 e. The number of nitrogens with zero attached hydrogens (tertiary/aromatic N) is 3. The molecule has 0 fully saturated rings. The van der Waals surface area contributed by atoms with Crippen molar-refractivity contribution in [2.75, 3.05) is 14.1 Å². The summed E-state index contributed by atoms with van der Waals surface area (Å²) in [5.41, 5.74) is 0. The molecule has 84 valence electrons. The molecule has 0 aliphatic carbocycles. The molecule has 0 radical (unpaired) electrons. The Bertz CT molecular complexity index is 317. The van der Waals surface area contributed by atoms with Gasteiger partial charge in [0.25, 0.3) is 0 Å². The summed E-state index contributed by atoms with van der Waals surface area (Å²) in [6, 6.07) is 0. The number of aryl methyl sites for hydroxylation is 2. The van der Waals surface area contributed by atoms with Crippen LogP contribution in [0.15, 0.2) is 12.4 Å². The van der Waals surface area contributed by atoms with Crippen molar-refractivity contribution in [3.8, 4) is 0 Å². The molecule has 1 heterocycles. The molecule has 0 atom stereocenters. The minimum atomic E-state index is 0.206. The van der Waals surface area contributed by atoms with Gasteiger partial charge in [0.15, 0.2) is 0 Å². The molecule has 0 N–H and O–H groups in total. The fraction of sp³-hybridized carbons (Fsp3) is 0.636. The maximum Gasteiger partial charge on any atom is 0.222 e. The van der Waals surface area contributed by atoms with Gasteiger partial charge in [0.05, 0.1) is 0 Å². The average Bonchev–Trinajstić information content (AvgIpc) is 2.58. The first-order valence-corrected chi connectivity index (χ1v) is 5.29. The predicted octanol–water partition coefficient (Wildman–Crippen LogP) is 1.45. The van der Waals surface area contributed by atoms with Gasteiger partial charge in [-0.3, -0.25) is 4.79 Å². The van der Waals surface area contributed by atoms with Crippen molar-refractivity contribution >= 4 is 5.91 Å². The lowest BCUT2D eigenvalue weighted by Gasteiger charge is -2.10. The molecule has 15 heavy (non-hydrogen) atoms. The SMILES string of the molecule is Cc1nccn1CCCCC(=O)N(C)C. The van der Waals surface area contributed by atoms with Crippen LogP contribution >= 0.6 is 0 Å². The zero-order valence-electron chi connectivity index (χ0n) is 9.73. The first kappa shape index (κ1) is 11.8. The number of carbonyl (C=O) groups excluding carboxylic acids is 1. The van der Waals surface area contributed by atoms with Gasteiger partial charge in [0.2, 0.25) is 5.91 Å². The molecular weight excluding hydrogens is 190 g/mol. The maximum absolute atomic E-state index is 11.3. The van der Waals surface area contributed by atoms with Crippen molar-refractivity contribution in [1.29, 1.82) is 0 Å². The topological polar surface area (TPSA) is 38.1 Å². The minimum absolute atomic E-state index is 0.206. The van der Waals surface area contributed by atoms with Crippen molar-refractivity contribution in [1.82, 2.24) is 14.5 Å². The van der Waals surface area contributed by atoms with E-state index in [1.54, 1.807) is 25.2 Å². The van der Waals surface area contributed by atoms with E-state index >= 15 is 0 Å². The lowest BCUT2D eigenvalue weighted by molar-refractivity contribution is -0.128. The van der Waals surface area contributed by atoms with E-state index in [2.05, 4.69) is 9.55 Å². The number of rotatable bonds is 5. The number of imidazole rings is 1. The standard InChI is InChI=1S/C11H19N3O/c1-10-12-7-9-14(10)8-5-4-6-11(15)13(2)3/h7,9H,4-6,8H2,1-3H3. The highest BCUT2D eigenvalue weighted by molar-refractivity contribution is 5.75. The van der Waals surface area contributed by atoms with Crippen LogP contribution in [0.3, 0.4) is 0 Å². The molecule has 1 aromatic rings. The summed E-state index contributed by atoms with van der Waals surface area (Å²) in [6.45, 7) is 2.94. The second kappa shape index (κ2) is 5.53. The predicted molar refractivity (Wildman–Crippen MR) is 59.5 cm³/mol. The maximum atomic E-state index is 11.3. The summed E-state index contributed by atoms with van der Waals surface area (Å²) in [5.74, 6) is 1.24. The molecule has 0 unspecified atom stereocenters. The van der Waals surface area contributed by atoms with Crippen LogP contribution < -0.4 is 0 Å². The average molecular weight is 209 g/mol. The van der Waals surface area contributed by atoms with Gasteiger partial charge in [0.1, 0.15) is 5.82 Å². The number of hydrogen-bond donors (Lipinski definition) is 0. The van der Waals surface area contributed by atoms with Crippen molar-refractivity contribution in [3.63, 3.8) is 0 Å². The van der Waals surface area contributed by atoms with E-state index in [0.29, 0.717) is 6.42 Å². The van der Waals surface area contributed by atoms with Gasteiger partial charge in [-0.15, -0.1) is 0 Å². The Morgan fingerprint density at radius 2 is 2.20 bits per heavy atom. The quantitative estimate of drug-likeness (QED) is 0.688. The van der Waals surface area contributed by atoms with Crippen molar-refractivity contribution in [2.45, 2.75) is 32.7 Å². The van der Waals surface area contributed by atoms with Crippen molar-refractivity contribution < 1.29 is 4.79 Å². The Morgan fingerprint density at radius 3 is 2.73 bits per heavy atom. The summed E-state index contributed by atoms with van der Waals surface area (Å²) in [4.78, 5) is 17.1. The molecule has 0 aliphatic heterocycles. The molecule has 0 aliphatic rings. The zero-order chi connectivity index (χ0) is 11.3. The van der Waals surface area contributed by atoms with Crippen LogP contribution in [0.25, 0.3) is 0 Å². The van der Waals surface area contributed by atoms with E-state index in [1.165, 1.54) is 0 Å². The highest BCUT2D eigenvalue weighted by Crippen LogP contribution is 2.03. The molecule has 0 bridgehead atoms. The fourth-order valence-electron chi connectivity index (χ4n) is 1.42. The second-order valence-electron chi connectivity index (χ2n) is 3.91. The lowest BCUT2D eigenvalue weighted by Crippen LogP contribution is -2.21. The number of hydrogen-bond acceptors (Lipinski definition) is 2. The van der Waals surface area contributed by atoms with Gasteiger partial charge in [-0.2, -0.15) is 0 Å². The highest BCUT2D eigenvalue weighted by Gasteiger charge is 2.03. The number of carbonyl (C=O) groups is 1. The van der Waals surface area contributed by atoms with E-state index in [-0.39, 0.29) is 5.91 Å². The van der Waals surface area contributed by atoms with Crippen LogP contribution in [0.2, 0.25) is 0 Å². The van der Waals surface area contributed by atoms with Crippen LogP contribution in [-0.4, -0.2) is 34.5 Å². The minimum Gasteiger partial charge on any atom is -0.349 e. The Morgan fingerprint density at radius 1 is 1.47 bits per heavy atom. The molecule has 1 aromatic heterocycles. The number of amides is 1. The molecule has 0 spiro atoms. The molecule has 0 aromatic carbocycles. The van der Waals surface area contributed by atoms with Crippen LogP contribution in [0, 0.1) is 6.92 Å². The molecule has 1 rings (SSSR count). The van der Waals surface area contributed by atoms with Crippen LogP contribution in [0.4, 0.5) is 0 Å². The molecular formula is C11H19N3O. The molecule has 0 saturated heterocycles. The van der Waals surface area contributed by atoms with Crippen LogP contribution in [-0.2, 0) is 11.3 Å². The van der Waals surface area contributed by atoms with E-state index in [4.69, 9.17) is 0 Å². The Kier molecular flexibility index (Phi) is 4.34. The number of unbranched alkanes of at least 4 members (excludes halogenated alkanes) is 1. The van der Waals surface area contributed by atoms with Gasteiger partial charge in [-0.25, -0.2) is 4.98 Å². The van der Waals surface area contributed by atoms with Gasteiger partial charge < -0.3 is 9.47 Å². The highest BCUT2D eigenvalue weighted by atomic mass is 16.2. The van der Waals surface area contributed by atoms with Crippen LogP contribution in [0.1, 0.15) is 25.1 Å². The van der Waals surface area contributed by atoms with E-state index in [1.807, 2.05) is 13.1 Å². The van der Waals surface area contributed by atoms with E-state index < -0.39 is 0 Å². The largest absolute Gasteiger partial charge is 0.349 e. The third kappa shape index (κ3) is 3.73. The lowest BCUT2D eigenvalue weighted by atomic mass is 10.2. The first-order valence-electron chi connectivity index (χ1n) is 5.29. The van der Waals surface area contributed by atoms with Crippen molar-refractivity contribution in [3.05, 3.63) is 18.2 Å². The summed E-state index contributed by atoms with van der Waals surface area (Å²) in [5, 5.41) is 0. The number of aromatic nitrogens is 2. The van der Waals surface area contributed by atoms with E-state index in [9.17, 15) is 4.79 Å². The monoisotopic (exact) mass is 209 g/mol. The zero-order valence-corrected chi connectivity index (χ0v) is 9.73.